The van der Waals surface area contributed by atoms with E-state index in [9.17, 15) is 4.79 Å². The summed E-state index contributed by atoms with van der Waals surface area (Å²) in [7, 11) is 0. The minimum absolute atomic E-state index is 0.0401. The number of hydrogen-bond acceptors (Lipinski definition) is 2. The molecule has 1 aromatic rings. The molecule has 1 saturated heterocycles. The molecule has 1 amide bonds. The summed E-state index contributed by atoms with van der Waals surface area (Å²) in [5, 5.41) is 0.395. The number of carbonyl (C=O) groups excluding carboxylic acids is 1. The molecule has 0 aliphatic carbocycles. The zero-order valence-electron chi connectivity index (χ0n) is 8.24. The molecule has 1 aliphatic rings. The fourth-order valence-electron chi connectivity index (χ4n) is 1.64. The molecule has 1 fully saturated rings. The molecule has 4 heteroatoms. The van der Waals surface area contributed by atoms with Crippen LogP contribution in [0.2, 0.25) is 5.15 Å². The first kappa shape index (κ1) is 10.2. The Bertz CT molecular complexity index is 400. The van der Waals surface area contributed by atoms with E-state index in [0.717, 1.165) is 25.1 Å². The lowest BCUT2D eigenvalue weighted by Crippen LogP contribution is -2.25. The molecule has 3 nitrogen and oxygen atoms in total. The minimum Gasteiger partial charge on any atom is -0.313 e. The van der Waals surface area contributed by atoms with Gasteiger partial charge >= 0.3 is 0 Å². The Morgan fingerprint density at radius 1 is 1.53 bits per heavy atom. The van der Waals surface area contributed by atoms with Gasteiger partial charge in [-0.05, 0) is 25.0 Å². The maximum atomic E-state index is 12.0. The summed E-state index contributed by atoms with van der Waals surface area (Å²) in [6.45, 7) is 4.61. The first-order chi connectivity index (χ1) is 7.18. The first-order valence-corrected chi connectivity index (χ1v) is 5.17. The van der Waals surface area contributed by atoms with Crippen LogP contribution in [0.5, 0.6) is 0 Å². The number of hydrogen-bond donors (Lipinski definition) is 0. The van der Waals surface area contributed by atoms with Crippen molar-refractivity contribution in [3.63, 3.8) is 0 Å². The molecular formula is C11H11ClN2O. The molecule has 2 rings (SSSR count). The van der Waals surface area contributed by atoms with Crippen molar-refractivity contribution in [3.05, 3.63) is 41.3 Å². The van der Waals surface area contributed by atoms with Gasteiger partial charge in [-0.3, -0.25) is 4.79 Å². The van der Waals surface area contributed by atoms with Crippen LogP contribution < -0.4 is 0 Å². The highest BCUT2D eigenvalue weighted by Gasteiger charge is 2.22. The number of pyridine rings is 1. The summed E-state index contributed by atoms with van der Waals surface area (Å²) in [4.78, 5) is 17.5. The van der Waals surface area contributed by atoms with Crippen molar-refractivity contribution in [3.8, 4) is 0 Å². The molecule has 15 heavy (non-hydrogen) atoms. The lowest BCUT2D eigenvalue weighted by molar-refractivity contribution is 0.0825. The van der Waals surface area contributed by atoms with Crippen molar-refractivity contribution < 1.29 is 4.79 Å². The third-order valence-corrected chi connectivity index (χ3v) is 2.67. The second kappa shape index (κ2) is 4.03. The number of nitrogens with zero attached hydrogens (tertiary/aromatic N) is 2. The van der Waals surface area contributed by atoms with Gasteiger partial charge in [-0.2, -0.15) is 0 Å². The normalized spacial score (nSPS) is 15.8. The number of amides is 1. The van der Waals surface area contributed by atoms with Gasteiger partial charge in [0, 0.05) is 18.4 Å². The molecule has 0 bridgehead atoms. The van der Waals surface area contributed by atoms with Crippen LogP contribution in [-0.2, 0) is 0 Å². The van der Waals surface area contributed by atoms with Crippen LogP contribution in [0.4, 0.5) is 0 Å². The fraction of sp³-hybridized carbons (Fsp3) is 0.273. The second-order valence-corrected chi connectivity index (χ2v) is 3.88. The monoisotopic (exact) mass is 222 g/mol. The highest BCUT2D eigenvalue weighted by atomic mass is 35.5. The van der Waals surface area contributed by atoms with Crippen molar-refractivity contribution in [1.82, 2.24) is 9.88 Å². The predicted octanol–water partition coefficient (Wildman–Crippen LogP) is 2.48. The van der Waals surface area contributed by atoms with Crippen molar-refractivity contribution >= 4 is 17.5 Å². The van der Waals surface area contributed by atoms with Gasteiger partial charge in [-0.1, -0.05) is 18.2 Å². The Balaban J connectivity index is 2.20. The minimum atomic E-state index is -0.0401. The number of aromatic nitrogens is 1. The Hall–Kier alpha value is -1.35. The van der Waals surface area contributed by atoms with E-state index in [4.69, 9.17) is 11.6 Å². The molecule has 0 spiro atoms. The molecule has 0 aromatic carbocycles. The average molecular weight is 223 g/mol. The summed E-state index contributed by atoms with van der Waals surface area (Å²) < 4.78 is 0. The SMILES string of the molecule is C=C1CCCN1C(=O)c1ccc(Cl)nc1. The zero-order chi connectivity index (χ0) is 10.8. The van der Waals surface area contributed by atoms with Gasteiger partial charge < -0.3 is 4.90 Å². The van der Waals surface area contributed by atoms with Gasteiger partial charge in [0.1, 0.15) is 5.15 Å². The van der Waals surface area contributed by atoms with E-state index in [1.807, 2.05) is 0 Å². The Kier molecular flexibility index (Phi) is 2.73. The maximum absolute atomic E-state index is 12.0. The van der Waals surface area contributed by atoms with Crippen molar-refractivity contribution in [1.29, 1.82) is 0 Å². The lowest BCUT2D eigenvalue weighted by Gasteiger charge is -2.16. The number of carbonyl (C=O) groups is 1. The van der Waals surface area contributed by atoms with E-state index in [1.54, 1.807) is 17.0 Å². The molecule has 1 aliphatic heterocycles. The number of likely N-dealkylation sites (tertiary alicyclic amines) is 1. The zero-order valence-corrected chi connectivity index (χ0v) is 9.00. The van der Waals surface area contributed by atoms with Crippen LogP contribution in [-0.4, -0.2) is 22.3 Å². The van der Waals surface area contributed by atoms with Crippen LogP contribution >= 0.6 is 11.6 Å². The third kappa shape index (κ3) is 2.02. The third-order valence-electron chi connectivity index (χ3n) is 2.45. The summed E-state index contributed by atoms with van der Waals surface area (Å²) in [6, 6.07) is 3.30. The summed E-state index contributed by atoms with van der Waals surface area (Å²) >= 11 is 5.65. The van der Waals surface area contributed by atoms with Gasteiger partial charge in [-0.15, -0.1) is 0 Å². The van der Waals surface area contributed by atoms with E-state index in [2.05, 4.69) is 11.6 Å². The lowest BCUT2D eigenvalue weighted by atomic mass is 10.2. The molecule has 0 atom stereocenters. The highest BCUT2D eigenvalue weighted by Crippen LogP contribution is 2.21. The van der Waals surface area contributed by atoms with E-state index in [-0.39, 0.29) is 5.91 Å². The van der Waals surface area contributed by atoms with Gasteiger partial charge in [-0.25, -0.2) is 4.98 Å². The Labute approximate surface area is 93.4 Å². The van der Waals surface area contributed by atoms with Crippen molar-refractivity contribution in [2.45, 2.75) is 12.8 Å². The summed E-state index contributed by atoms with van der Waals surface area (Å²) in [5.74, 6) is -0.0401. The van der Waals surface area contributed by atoms with Gasteiger partial charge in [0.15, 0.2) is 0 Å². The maximum Gasteiger partial charge on any atom is 0.259 e. The summed E-state index contributed by atoms with van der Waals surface area (Å²) in [5.41, 5.74) is 1.44. The van der Waals surface area contributed by atoms with Crippen molar-refractivity contribution in [2.24, 2.45) is 0 Å². The quantitative estimate of drug-likeness (QED) is 0.684. The molecule has 0 radical (unpaired) electrons. The summed E-state index contributed by atoms with van der Waals surface area (Å²) in [6.07, 6.45) is 3.38. The van der Waals surface area contributed by atoms with E-state index in [1.165, 1.54) is 6.20 Å². The highest BCUT2D eigenvalue weighted by molar-refractivity contribution is 6.29. The number of rotatable bonds is 1. The van der Waals surface area contributed by atoms with Gasteiger partial charge in [0.2, 0.25) is 0 Å². The average Bonchev–Trinajstić information content (AvgIpc) is 2.65. The standard InChI is InChI=1S/C11H11ClN2O/c1-8-3-2-6-14(8)11(15)9-4-5-10(12)13-7-9/h4-5,7H,1-3,6H2. The van der Waals surface area contributed by atoms with Crippen LogP contribution in [0.25, 0.3) is 0 Å². The Morgan fingerprint density at radius 3 is 2.87 bits per heavy atom. The number of halogens is 1. The first-order valence-electron chi connectivity index (χ1n) is 4.79. The predicted molar refractivity (Wildman–Crippen MR) is 58.7 cm³/mol. The van der Waals surface area contributed by atoms with Crippen molar-refractivity contribution in [2.75, 3.05) is 6.54 Å². The molecule has 0 N–H and O–H groups in total. The molecule has 78 valence electrons. The van der Waals surface area contributed by atoms with Crippen LogP contribution in [0.15, 0.2) is 30.6 Å². The molecule has 2 heterocycles. The smallest absolute Gasteiger partial charge is 0.259 e. The van der Waals surface area contributed by atoms with Gasteiger partial charge in [0.05, 0.1) is 5.56 Å². The molecular weight excluding hydrogens is 212 g/mol. The number of allylic oxidation sites excluding steroid dienone is 1. The van der Waals surface area contributed by atoms with Crippen LogP contribution in [0, 0.1) is 0 Å². The van der Waals surface area contributed by atoms with E-state index >= 15 is 0 Å². The Morgan fingerprint density at radius 2 is 2.33 bits per heavy atom. The largest absolute Gasteiger partial charge is 0.313 e. The van der Waals surface area contributed by atoms with Crippen LogP contribution in [0.3, 0.4) is 0 Å². The molecule has 0 unspecified atom stereocenters. The molecule has 1 aromatic heterocycles. The topological polar surface area (TPSA) is 33.2 Å². The molecule has 0 saturated carbocycles. The second-order valence-electron chi connectivity index (χ2n) is 3.50. The van der Waals surface area contributed by atoms with E-state index < -0.39 is 0 Å². The van der Waals surface area contributed by atoms with E-state index in [0.29, 0.717) is 10.7 Å². The van der Waals surface area contributed by atoms with Crippen LogP contribution in [0.1, 0.15) is 23.2 Å². The van der Waals surface area contributed by atoms with Gasteiger partial charge in [0.25, 0.3) is 5.91 Å². The fourth-order valence-corrected chi connectivity index (χ4v) is 1.75.